The minimum Gasteiger partial charge on any atom is -0.460 e. The minimum atomic E-state index is -4.77. The maximum absolute atomic E-state index is 13.2. The molecule has 1 fully saturated rings. The molecule has 1 saturated heterocycles. The minimum absolute atomic E-state index is 0.00269. The molecule has 0 aliphatic carbocycles. The highest BCUT2D eigenvalue weighted by atomic mass is 35.5. The van der Waals surface area contributed by atoms with Crippen LogP contribution in [0.25, 0.3) is 11.2 Å². The lowest BCUT2D eigenvalue weighted by atomic mass is 10.1. The maximum Gasteiger partial charge on any atom is 0.406 e. The SMILES string of the molecule is CC[C@H](OC(C)=O)[C@@H]1C[C@@H](OC(C)=O)[C@H](n2c(=O)n(CC(F)(F)F)c3c(Cl)nc(N)nc32)O1. The number of aromatic nitrogens is 4. The van der Waals surface area contributed by atoms with Crippen LogP contribution in [0.4, 0.5) is 19.1 Å². The Hall–Kier alpha value is -2.87. The van der Waals surface area contributed by atoms with Gasteiger partial charge in [-0.2, -0.15) is 23.1 Å². The second-order valence-corrected chi connectivity index (χ2v) is 7.76. The third-order valence-corrected chi connectivity index (χ3v) is 5.18. The van der Waals surface area contributed by atoms with Crippen LogP contribution in [0.3, 0.4) is 0 Å². The smallest absolute Gasteiger partial charge is 0.406 e. The van der Waals surface area contributed by atoms with E-state index in [-0.39, 0.29) is 12.1 Å². The van der Waals surface area contributed by atoms with E-state index < -0.39 is 71.5 Å². The number of fused-ring (bicyclic) bond motifs is 1. The quantitative estimate of drug-likeness (QED) is 0.470. The highest BCUT2D eigenvalue weighted by Gasteiger charge is 2.45. The third-order valence-electron chi connectivity index (χ3n) is 4.92. The molecule has 11 nitrogen and oxygen atoms in total. The number of carbonyl (C=O) groups is 2. The summed E-state index contributed by atoms with van der Waals surface area (Å²) in [6, 6.07) is 0. The number of hydrogen-bond donors (Lipinski definition) is 1. The molecule has 1 aliphatic rings. The molecule has 1 aliphatic heterocycles. The largest absolute Gasteiger partial charge is 0.460 e. The van der Waals surface area contributed by atoms with Gasteiger partial charge < -0.3 is 19.9 Å². The average molecular weight is 496 g/mol. The number of alkyl halides is 3. The molecule has 2 N–H and O–H groups in total. The number of imidazole rings is 1. The van der Waals surface area contributed by atoms with Crippen molar-refractivity contribution in [3.8, 4) is 0 Å². The van der Waals surface area contributed by atoms with Gasteiger partial charge in [0.25, 0.3) is 0 Å². The number of nitrogens with two attached hydrogens (primary N) is 1. The number of halogens is 4. The number of ether oxygens (including phenoxy) is 3. The first kappa shape index (κ1) is 24.8. The number of hydrogen-bond acceptors (Lipinski definition) is 9. The number of rotatable bonds is 6. The van der Waals surface area contributed by atoms with Crippen molar-refractivity contribution < 1.29 is 37.0 Å². The van der Waals surface area contributed by atoms with E-state index in [2.05, 4.69) is 9.97 Å². The predicted octanol–water partition coefficient (Wildman–Crippen LogP) is 1.95. The first-order chi connectivity index (χ1) is 15.3. The van der Waals surface area contributed by atoms with Gasteiger partial charge in [-0.3, -0.25) is 14.2 Å². The molecule has 0 saturated carbocycles. The van der Waals surface area contributed by atoms with Crippen molar-refractivity contribution in [2.75, 3.05) is 5.73 Å². The summed E-state index contributed by atoms with van der Waals surface area (Å²) >= 11 is 6.01. The third kappa shape index (κ3) is 5.21. The van der Waals surface area contributed by atoms with Crippen molar-refractivity contribution in [3.05, 3.63) is 15.6 Å². The van der Waals surface area contributed by atoms with Crippen LogP contribution in [0.15, 0.2) is 4.79 Å². The van der Waals surface area contributed by atoms with Crippen molar-refractivity contribution in [2.24, 2.45) is 0 Å². The Bertz CT molecular complexity index is 1130. The molecular weight excluding hydrogens is 475 g/mol. The van der Waals surface area contributed by atoms with Crippen molar-refractivity contribution >= 4 is 40.7 Å². The molecule has 0 amide bonds. The molecule has 0 spiro atoms. The van der Waals surface area contributed by atoms with Gasteiger partial charge in [0, 0.05) is 20.3 Å². The van der Waals surface area contributed by atoms with Crippen molar-refractivity contribution in [2.45, 2.75) is 70.9 Å². The molecule has 2 aromatic rings. The van der Waals surface area contributed by atoms with Crippen LogP contribution in [0, 0.1) is 0 Å². The zero-order chi connectivity index (χ0) is 24.7. The van der Waals surface area contributed by atoms with Gasteiger partial charge in [0.05, 0.1) is 0 Å². The number of nitrogens with zero attached hydrogens (tertiary/aromatic N) is 4. The summed E-state index contributed by atoms with van der Waals surface area (Å²) in [7, 11) is 0. The molecule has 3 heterocycles. The van der Waals surface area contributed by atoms with E-state index in [4.69, 9.17) is 31.5 Å². The molecule has 0 unspecified atom stereocenters. The lowest BCUT2D eigenvalue weighted by Gasteiger charge is -2.22. The second kappa shape index (κ2) is 9.17. The summed E-state index contributed by atoms with van der Waals surface area (Å²) in [6.45, 7) is 2.37. The van der Waals surface area contributed by atoms with Gasteiger partial charge in [-0.05, 0) is 6.42 Å². The van der Waals surface area contributed by atoms with Gasteiger partial charge >= 0.3 is 23.8 Å². The zero-order valence-electron chi connectivity index (χ0n) is 17.8. The molecule has 2 aromatic heterocycles. The van der Waals surface area contributed by atoms with Crippen molar-refractivity contribution in [3.63, 3.8) is 0 Å². The summed E-state index contributed by atoms with van der Waals surface area (Å²) in [5.74, 6) is -1.69. The predicted molar refractivity (Wildman–Crippen MR) is 107 cm³/mol. The second-order valence-electron chi connectivity index (χ2n) is 7.40. The van der Waals surface area contributed by atoms with E-state index >= 15 is 0 Å². The summed E-state index contributed by atoms with van der Waals surface area (Å²) < 4.78 is 57.2. The fraction of sp³-hybridized carbons (Fsp3) is 0.611. The fourth-order valence-corrected chi connectivity index (χ4v) is 4.07. The van der Waals surface area contributed by atoms with E-state index in [0.29, 0.717) is 11.0 Å². The molecule has 182 valence electrons. The molecule has 15 heteroatoms. The van der Waals surface area contributed by atoms with E-state index in [1.807, 2.05) is 0 Å². The van der Waals surface area contributed by atoms with E-state index in [1.54, 1.807) is 6.92 Å². The first-order valence-electron chi connectivity index (χ1n) is 9.82. The van der Waals surface area contributed by atoms with Crippen LogP contribution in [0.5, 0.6) is 0 Å². The van der Waals surface area contributed by atoms with Crippen LogP contribution in [0.1, 0.15) is 39.8 Å². The molecule has 0 radical (unpaired) electrons. The van der Waals surface area contributed by atoms with Crippen LogP contribution in [-0.4, -0.2) is 55.5 Å². The van der Waals surface area contributed by atoms with Gasteiger partial charge in [0.1, 0.15) is 30.4 Å². The van der Waals surface area contributed by atoms with Crippen LogP contribution in [-0.2, 0) is 30.3 Å². The van der Waals surface area contributed by atoms with E-state index in [9.17, 15) is 27.6 Å². The van der Waals surface area contributed by atoms with Crippen molar-refractivity contribution in [1.82, 2.24) is 19.1 Å². The fourth-order valence-electron chi connectivity index (χ4n) is 3.79. The molecule has 33 heavy (non-hydrogen) atoms. The van der Waals surface area contributed by atoms with Crippen LogP contribution >= 0.6 is 11.6 Å². The lowest BCUT2D eigenvalue weighted by molar-refractivity contribution is -0.158. The monoisotopic (exact) mass is 495 g/mol. The summed E-state index contributed by atoms with van der Waals surface area (Å²) in [5, 5.41) is -0.470. The highest BCUT2D eigenvalue weighted by Crippen LogP contribution is 2.36. The molecule has 0 bridgehead atoms. The number of carbonyl (C=O) groups excluding carboxylic acids is 2. The highest BCUT2D eigenvalue weighted by molar-refractivity contribution is 6.33. The summed E-state index contributed by atoms with van der Waals surface area (Å²) in [6.07, 6.45) is -8.51. The number of esters is 2. The number of anilines is 1. The van der Waals surface area contributed by atoms with Gasteiger partial charge in [0.15, 0.2) is 17.0 Å². The van der Waals surface area contributed by atoms with Crippen molar-refractivity contribution in [1.29, 1.82) is 0 Å². The molecular formula is C18H21ClF3N5O6. The van der Waals surface area contributed by atoms with Gasteiger partial charge in [-0.1, -0.05) is 18.5 Å². The Balaban J connectivity index is 2.17. The average Bonchev–Trinajstić information content (AvgIpc) is 3.16. The van der Waals surface area contributed by atoms with Crippen LogP contribution in [0.2, 0.25) is 5.15 Å². The Kier molecular flexibility index (Phi) is 6.88. The van der Waals surface area contributed by atoms with E-state index in [1.165, 1.54) is 6.92 Å². The summed E-state index contributed by atoms with van der Waals surface area (Å²) in [5.41, 5.74) is 3.70. The Morgan fingerprint density at radius 3 is 2.52 bits per heavy atom. The number of nitrogen functional groups attached to an aromatic ring is 1. The topological polar surface area (TPSA) is 141 Å². The Labute approximate surface area is 189 Å². The summed E-state index contributed by atoms with van der Waals surface area (Å²) in [4.78, 5) is 43.8. The standard InChI is InChI=1S/C18H21ClF3N5O6/c1-4-9(31-7(2)28)10-5-11(32-8(3)29)15(33-10)27-14-12(13(19)24-16(23)25-14)26(17(27)30)6-18(20,21)22/h9-11,15H,4-6H2,1-3H3,(H2,23,24,25)/t9-,10-,11+,15+/m0/s1. The Morgan fingerprint density at radius 2 is 1.97 bits per heavy atom. The zero-order valence-corrected chi connectivity index (χ0v) is 18.5. The van der Waals surface area contributed by atoms with Gasteiger partial charge in [-0.15, -0.1) is 0 Å². The molecule has 0 aromatic carbocycles. The van der Waals surface area contributed by atoms with Gasteiger partial charge in [-0.25, -0.2) is 9.36 Å². The maximum atomic E-state index is 13.2. The lowest BCUT2D eigenvalue weighted by Crippen LogP contribution is -2.35. The first-order valence-corrected chi connectivity index (χ1v) is 10.2. The molecule has 3 rings (SSSR count). The van der Waals surface area contributed by atoms with Gasteiger partial charge in [0.2, 0.25) is 5.95 Å². The normalized spacial score (nSPS) is 21.8. The Morgan fingerprint density at radius 1 is 1.30 bits per heavy atom. The molecule has 4 atom stereocenters. The van der Waals surface area contributed by atoms with Crippen LogP contribution < -0.4 is 11.4 Å². The van der Waals surface area contributed by atoms with E-state index in [0.717, 1.165) is 11.5 Å².